The number of benzene rings is 10. The van der Waals surface area contributed by atoms with Gasteiger partial charge in [-0.25, -0.2) is 0 Å². The molecule has 0 saturated heterocycles. The largest absolute Gasteiger partial charge is 0.456 e. The Morgan fingerprint density at radius 1 is 0.323 bits per heavy atom. The molecule has 13 aromatic rings. The van der Waals surface area contributed by atoms with Gasteiger partial charge in [0, 0.05) is 49.7 Å². The van der Waals surface area contributed by atoms with E-state index in [0.717, 1.165) is 61.5 Å². The van der Waals surface area contributed by atoms with Gasteiger partial charge >= 0.3 is 0 Å². The van der Waals surface area contributed by atoms with Crippen LogP contribution < -0.4 is 4.90 Å². The predicted octanol–water partition coefficient (Wildman–Crippen LogP) is 16.1. The Bertz CT molecular complexity index is 3850. The topological polar surface area (TPSA) is 26.2 Å². The van der Waals surface area contributed by atoms with E-state index in [2.05, 4.69) is 232 Å². The van der Waals surface area contributed by atoms with Crippen molar-refractivity contribution in [3.63, 3.8) is 0 Å². The maximum Gasteiger partial charge on any atom is 0.137 e. The minimum atomic E-state index is 0.864. The van der Waals surface area contributed by atoms with Crippen molar-refractivity contribution in [3.05, 3.63) is 224 Å². The third kappa shape index (κ3) is 5.20. The first kappa shape index (κ1) is 34.5. The molecule has 0 amide bonds. The standard InChI is InChI=1S/C58H37N3O/c1-2-14-41(15-3-1)60-50-20-9-6-17-46(50)49-37-44(34-36-52(49)60)59(53-22-12-24-56-58(53)48-19-8-11-23-55(48)62-56)42-30-25-38(26-31-42)39-27-32-43(33-28-39)61-51-21-10-7-18-47(51)57-45-16-5-4-13-40(45)29-35-54(57)61/h1-37H. The van der Waals surface area contributed by atoms with Gasteiger partial charge in [-0.05, 0) is 113 Å². The fraction of sp³-hybridized carbons (Fsp3) is 0. The van der Waals surface area contributed by atoms with Crippen LogP contribution in [0.25, 0.3) is 98.8 Å². The fourth-order valence-corrected chi connectivity index (χ4v) is 9.95. The van der Waals surface area contributed by atoms with E-state index >= 15 is 0 Å². The predicted molar refractivity (Wildman–Crippen MR) is 260 cm³/mol. The van der Waals surface area contributed by atoms with Gasteiger partial charge in [0.15, 0.2) is 0 Å². The highest BCUT2D eigenvalue weighted by Gasteiger charge is 2.22. The first-order valence-electron chi connectivity index (χ1n) is 21.2. The summed E-state index contributed by atoms with van der Waals surface area (Å²) in [6.45, 7) is 0. The molecule has 0 fully saturated rings. The molecule has 0 atom stereocenters. The molecule has 0 saturated carbocycles. The van der Waals surface area contributed by atoms with E-state index in [1.165, 1.54) is 54.4 Å². The number of nitrogens with zero attached hydrogens (tertiary/aromatic N) is 3. The summed E-state index contributed by atoms with van der Waals surface area (Å²) in [5, 5.41) is 9.70. The normalized spacial score (nSPS) is 11.9. The third-order valence-corrected chi connectivity index (χ3v) is 12.7. The third-order valence-electron chi connectivity index (χ3n) is 12.7. The van der Waals surface area contributed by atoms with Crippen molar-refractivity contribution in [1.82, 2.24) is 9.13 Å². The molecule has 0 N–H and O–H groups in total. The zero-order chi connectivity index (χ0) is 40.7. The van der Waals surface area contributed by atoms with E-state index in [9.17, 15) is 0 Å². The Labute approximate surface area is 357 Å². The number of para-hydroxylation sites is 4. The van der Waals surface area contributed by atoms with Crippen molar-refractivity contribution >= 4 is 93.4 Å². The highest BCUT2D eigenvalue weighted by atomic mass is 16.3. The first-order valence-corrected chi connectivity index (χ1v) is 21.2. The first-order chi connectivity index (χ1) is 30.8. The molecule has 290 valence electrons. The summed E-state index contributed by atoms with van der Waals surface area (Å²) in [5.41, 5.74) is 14.3. The molecule has 4 nitrogen and oxygen atoms in total. The average Bonchev–Trinajstić information content (AvgIpc) is 4.00. The summed E-state index contributed by atoms with van der Waals surface area (Å²) in [6, 6.07) is 80.9. The second-order valence-electron chi connectivity index (χ2n) is 16.1. The van der Waals surface area contributed by atoms with Gasteiger partial charge in [0.05, 0.1) is 33.1 Å². The van der Waals surface area contributed by atoms with Gasteiger partial charge in [0.25, 0.3) is 0 Å². The second kappa shape index (κ2) is 13.6. The van der Waals surface area contributed by atoms with E-state index in [4.69, 9.17) is 4.42 Å². The van der Waals surface area contributed by atoms with Gasteiger partial charge in [-0.2, -0.15) is 0 Å². The maximum absolute atomic E-state index is 6.44. The molecule has 0 radical (unpaired) electrons. The lowest BCUT2D eigenvalue weighted by atomic mass is 10.0. The Kier molecular flexibility index (Phi) is 7.57. The average molecular weight is 792 g/mol. The van der Waals surface area contributed by atoms with Crippen molar-refractivity contribution in [1.29, 1.82) is 0 Å². The van der Waals surface area contributed by atoms with Crippen molar-refractivity contribution in [3.8, 4) is 22.5 Å². The minimum absolute atomic E-state index is 0.864. The Morgan fingerprint density at radius 3 is 1.69 bits per heavy atom. The van der Waals surface area contributed by atoms with Crippen LogP contribution in [0.4, 0.5) is 17.1 Å². The lowest BCUT2D eigenvalue weighted by Gasteiger charge is -2.26. The van der Waals surface area contributed by atoms with Crippen molar-refractivity contribution in [2.45, 2.75) is 0 Å². The molecule has 3 aromatic heterocycles. The highest BCUT2D eigenvalue weighted by molar-refractivity contribution is 6.21. The molecule has 4 heteroatoms. The molecular formula is C58H37N3O. The molecule has 62 heavy (non-hydrogen) atoms. The zero-order valence-electron chi connectivity index (χ0n) is 33.6. The lowest BCUT2D eigenvalue weighted by Crippen LogP contribution is -2.10. The Morgan fingerprint density at radius 2 is 0.887 bits per heavy atom. The lowest BCUT2D eigenvalue weighted by molar-refractivity contribution is 0.669. The van der Waals surface area contributed by atoms with Crippen LogP contribution in [-0.4, -0.2) is 9.13 Å². The molecule has 0 aliphatic rings. The van der Waals surface area contributed by atoms with E-state index in [1.54, 1.807) is 0 Å². The number of fused-ring (bicyclic) bond motifs is 11. The zero-order valence-corrected chi connectivity index (χ0v) is 33.6. The number of hydrogen-bond donors (Lipinski definition) is 0. The molecule has 10 aromatic carbocycles. The van der Waals surface area contributed by atoms with Crippen LogP contribution in [0.5, 0.6) is 0 Å². The molecule has 0 bridgehead atoms. The SMILES string of the molecule is c1ccc(-n2c3ccccc3c3cc(N(c4ccc(-c5ccc(-n6c7ccccc7c7c8ccccc8ccc76)cc5)cc4)c4cccc5oc6ccccc6c45)ccc32)cc1. The molecule has 3 heterocycles. The molecule has 0 aliphatic carbocycles. The van der Waals surface area contributed by atoms with Crippen LogP contribution in [0.15, 0.2) is 229 Å². The second-order valence-corrected chi connectivity index (χ2v) is 16.1. The quantitative estimate of drug-likeness (QED) is 0.168. The summed E-state index contributed by atoms with van der Waals surface area (Å²) in [5.74, 6) is 0. The smallest absolute Gasteiger partial charge is 0.137 e. The van der Waals surface area contributed by atoms with Crippen LogP contribution >= 0.6 is 0 Å². The van der Waals surface area contributed by atoms with Gasteiger partial charge in [-0.3, -0.25) is 0 Å². The summed E-state index contributed by atoms with van der Waals surface area (Å²) in [4.78, 5) is 2.39. The van der Waals surface area contributed by atoms with E-state index in [-0.39, 0.29) is 0 Å². The van der Waals surface area contributed by atoms with Crippen molar-refractivity contribution in [2.24, 2.45) is 0 Å². The molecule has 13 rings (SSSR count). The number of rotatable bonds is 6. The van der Waals surface area contributed by atoms with E-state index in [0.29, 0.717) is 0 Å². The summed E-state index contributed by atoms with van der Waals surface area (Å²) in [7, 11) is 0. The summed E-state index contributed by atoms with van der Waals surface area (Å²) < 4.78 is 11.2. The number of anilines is 3. The van der Waals surface area contributed by atoms with Gasteiger partial charge in [0.1, 0.15) is 11.2 Å². The maximum atomic E-state index is 6.44. The van der Waals surface area contributed by atoms with Crippen LogP contribution in [0.2, 0.25) is 0 Å². The van der Waals surface area contributed by atoms with Crippen LogP contribution in [0.3, 0.4) is 0 Å². The van der Waals surface area contributed by atoms with Gasteiger partial charge < -0.3 is 18.5 Å². The molecule has 0 unspecified atom stereocenters. The summed E-state index contributed by atoms with van der Waals surface area (Å²) >= 11 is 0. The molecular weight excluding hydrogens is 755 g/mol. The van der Waals surface area contributed by atoms with Gasteiger partial charge in [-0.15, -0.1) is 0 Å². The van der Waals surface area contributed by atoms with Crippen molar-refractivity contribution in [2.75, 3.05) is 4.90 Å². The van der Waals surface area contributed by atoms with Crippen LogP contribution in [0.1, 0.15) is 0 Å². The van der Waals surface area contributed by atoms with Gasteiger partial charge in [0.2, 0.25) is 0 Å². The Balaban J connectivity index is 0.942. The number of hydrogen-bond acceptors (Lipinski definition) is 2. The van der Waals surface area contributed by atoms with Crippen LogP contribution in [-0.2, 0) is 0 Å². The van der Waals surface area contributed by atoms with E-state index < -0.39 is 0 Å². The highest BCUT2D eigenvalue weighted by Crippen LogP contribution is 2.45. The van der Waals surface area contributed by atoms with Crippen molar-refractivity contribution < 1.29 is 4.42 Å². The molecule has 0 spiro atoms. The summed E-state index contributed by atoms with van der Waals surface area (Å²) in [6.07, 6.45) is 0. The monoisotopic (exact) mass is 791 g/mol. The van der Waals surface area contributed by atoms with E-state index in [1.807, 2.05) is 6.07 Å². The minimum Gasteiger partial charge on any atom is -0.456 e. The fourth-order valence-electron chi connectivity index (χ4n) is 9.95. The number of furan rings is 1. The number of aromatic nitrogens is 2. The van der Waals surface area contributed by atoms with Gasteiger partial charge in [-0.1, -0.05) is 133 Å². The Hall–Kier alpha value is -8.34. The van der Waals surface area contributed by atoms with Crippen LogP contribution in [0, 0.1) is 0 Å². The molecule has 0 aliphatic heterocycles.